The molecule has 5 rings (SSSR count). The summed E-state index contributed by atoms with van der Waals surface area (Å²) in [6.07, 6.45) is 1.56. The number of hydrogen-bond donors (Lipinski definition) is 0. The van der Waals surface area contributed by atoms with Crippen molar-refractivity contribution >= 4 is 28.0 Å². The average Bonchev–Trinajstić information content (AvgIpc) is 3.51. The minimum Gasteiger partial charge on any atom is -0.463 e. The van der Waals surface area contributed by atoms with E-state index in [1.165, 1.54) is 0 Å². The lowest BCUT2D eigenvalue weighted by Gasteiger charge is -2.23. The number of carbonyl (C=O) groups excluding carboxylic acids is 1. The van der Waals surface area contributed by atoms with Crippen molar-refractivity contribution in [2.45, 2.75) is 19.9 Å². The Morgan fingerprint density at radius 1 is 1.13 bits per heavy atom. The lowest BCUT2D eigenvalue weighted by molar-refractivity contribution is 0.0729. The van der Waals surface area contributed by atoms with Crippen molar-refractivity contribution in [2.75, 3.05) is 7.05 Å². The van der Waals surface area contributed by atoms with Crippen LogP contribution in [0.5, 0.6) is 0 Å². The number of carbonyl (C=O) groups is 1. The molecule has 7 heteroatoms. The van der Waals surface area contributed by atoms with Gasteiger partial charge in [0.2, 0.25) is 0 Å². The van der Waals surface area contributed by atoms with Crippen LogP contribution in [0.4, 0.5) is 0 Å². The van der Waals surface area contributed by atoms with Crippen LogP contribution in [0.2, 0.25) is 0 Å². The van der Waals surface area contributed by atoms with Gasteiger partial charge in [0.25, 0.3) is 11.6 Å². The summed E-state index contributed by atoms with van der Waals surface area (Å²) >= 11 is 0. The van der Waals surface area contributed by atoms with Crippen LogP contribution in [-0.2, 0) is 0 Å². The van der Waals surface area contributed by atoms with Gasteiger partial charge in [-0.2, -0.15) is 0 Å². The topological polar surface area (TPSA) is 85.5 Å². The zero-order valence-electron chi connectivity index (χ0n) is 16.7. The van der Waals surface area contributed by atoms with Crippen LogP contribution in [0, 0.1) is 6.92 Å². The van der Waals surface area contributed by atoms with Crippen LogP contribution >= 0.6 is 0 Å². The largest absolute Gasteiger partial charge is 0.463 e. The molecule has 5 aromatic rings. The van der Waals surface area contributed by atoms with E-state index in [2.05, 4.69) is 10.1 Å². The molecule has 1 atom stereocenters. The number of fused-ring (bicyclic) bond motifs is 2. The van der Waals surface area contributed by atoms with Gasteiger partial charge in [-0.15, -0.1) is 0 Å². The van der Waals surface area contributed by atoms with Crippen LogP contribution < -0.4 is 0 Å². The maximum absolute atomic E-state index is 13.5. The molecule has 0 aliphatic rings. The molecule has 0 spiro atoms. The van der Waals surface area contributed by atoms with Crippen LogP contribution in [-0.4, -0.2) is 28.0 Å². The van der Waals surface area contributed by atoms with Gasteiger partial charge in [0.15, 0.2) is 5.76 Å². The Morgan fingerprint density at radius 2 is 1.97 bits per heavy atom. The van der Waals surface area contributed by atoms with E-state index in [0.29, 0.717) is 39.6 Å². The number of aromatic nitrogens is 2. The Balaban J connectivity index is 1.56. The molecule has 30 heavy (non-hydrogen) atoms. The van der Waals surface area contributed by atoms with Crippen molar-refractivity contribution < 1.29 is 18.2 Å². The summed E-state index contributed by atoms with van der Waals surface area (Å²) in [6.45, 7) is 3.72. The number of benzene rings is 1. The molecule has 4 aromatic heterocycles. The molecule has 1 aromatic carbocycles. The molecule has 0 saturated heterocycles. The van der Waals surface area contributed by atoms with E-state index in [4.69, 9.17) is 13.4 Å². The van der Waals surface area contributed by atoms with Gasteiger partial charge in [-0.05, 0) is 44.2 Å². The van der Waals surface area contributed by atoms with Crippen molar-refractivity contribution in [3.8, 4) is 11.5 Å². The Bertz CT molecular complexity index is 1330. The van der Waals surface area contributed by atoms with Gasteiger partial charge in [0, 0.05) is 12.4 Å². The highest BCUT2D eigenvalue weighted by molar-refractivity contribution is 6.07. The third kappa shape index (κ3) is 2.86. The van der Waals surface area contributed by atoms with E-state index < -0.39 is 0 Å². The maximum atomic E-state index is 13.5. The lowest BCUT2D eigenvalue weighted by Crippen LogP contribution is -2.29. The summed E-state index contributed by atoms with van der Waals surface area (Å²) in [6, 6.07) is 14.7. The zero-order chi connectivity index (χ0) is 20.8. The molecular weight excluding hydrogens is 382 g/mol. The standard InChI is InChI=1S/C23H19N3O4/c1-13-21-16(12-17(19-9-6-10-28-19)24-22(21)30-25-13)23(27)26(3)14(2)20-11-15-7-4-5-8-18(15)29-20/h4-12,14H,1-3H3. The Hall–Kier alpha value is -3.87. The second kappa shape index (κ2) is 6.88. The maximum Gasteiger partial charge on any atom is 0.259 e. The summed E-state index contributed by atoms with van der Waals surface area (Å²) in [7, 11) is 1.75. The predicted molar refractivity (Wildman–Crippen MR) is 111 cm³/mol. The van der Waals surface area contributed by atoms with Gasteiger partial charge in [0.1, 0.15) is 17.0 Å². The van der Waals surface area contributed by atoms with Crippen molar-refractivity contribution in [3.05, 3.63) is 71.8 Å². The van der Waals surface area contributed by atoms with E-state index in [0.717, 1.165) is 11.0 Å². The first-order valence-corrected chi connectivity index (χ1v) is 9.59. The first-order valence-electron chi connectivity index (χ1n) is 9.59. The molecular formula is C23H19N3O4. The third-order valence-corrected chi connectivity index (χ3v) is 5.38. The quantitative estimate of drug-likeness (QED) is 0.402. The molecule has 0 N–H and O–H groups in total. The smallest absolute Gasteiger partial charge is 0.259 e. The fourth-order valence-corrected chi connectivity index (χ4v) is 3.58. The Morgan fingerprint density at radius 3 is 2.73 bits per heavy atom. The van der Waals surface area contributed by atoms with Crippen LogP contribution in [0.15, 0.2) is 68.2 Å². The minimum atomic E-state index is -0.277. The third-order valence-electron chi connectivity index (χ3n) is 5.38. The van der Waals surface area contributed by atoms with Gasteiger partial charge < -0.3 is 18.3 Å². The van der Waals surface area contributed by atoms with Gasteiger partial charge in [0.05, 0.1) is 28.9 Å². The molecule has 4 heterocycles. The highest BCUT2D eigenvalue weighted by Crippen LogP contribution is 2.31. The number of amides is 1. The highest BCUT2D eigenvalue weighted by atomic mass is 16.5. The number of rotatable bonds is 4. The number of pyridine rings is 1. The first kappa shape index (κ1) is 18.2. The molecule has 0 fully saturated rings. The van der Waals surface area contributed by atoms with Gasteiger partial charge in [-0.3, -0.25) is 4.79 Å². The normalized spacial score (nSPS) is 12.5. The Labute approximate surface area is 171 Å². The van der Waals surface area contributed by atoms with E-state index >= 15 is 0 Å². The van der Waals surface area contributed by atoms with E-state index in [1.54, 1.807) is 43.3 Å². The molecule has 7 nitrogen and oxygen atoms in total. The number of nitrogens with zero attached hydrogens (tertiary/aromatic N) is 3. The van der Waals surface area contributed by atoms with E-state index in [9.17, 15) is 4.79 Å². The fraction of sp³-hybridized carbons (Fsp3) is 0.174. The lowest BCUT2D eigenvalue weighted by atomic mass is 10.1. The van der Waals surface area contributed by atoms with Crippen molar-refractivity contribution in [1.82, 2.24) is 15.0 Å². The molecule has 0 aliphatic heterocycles. The van der Waals surface area contributed by atoms with Crippen LogP contribution in [0.25, 0.3) is 33.5 Å². The van der Waals surface area contributed by atoms with Crippen LogP contribution in [0.3, 0.4) is 0 Å². The molecule has 1 amide bonds. The predicted octanol–water partition coefficient (Wildman–Crippen LogP) is 5.37. The SMILES string of the molecule is Cc1noc2nc(-c3ccco3)cc(C(=O)N(C)C(C)c3cc4ccccc4o3)c12. The first-order chi connectivity index (χ1) is 14.5. The highest BCUT2D eigenvalue weighted by Gasteiger charge is 2.26. The number of furan rings is 2. The van der Waals surface area contributed by atoms with E-state index in [1.807, 2.05) is 37.3 Å². The summed E-state index contributed by atoms with van der Waals surface area (Å²) in [4.78, 5) is 19.6. The van der Waals surface area contributed by atoms with Gasteiger partial charge >= 0.3 is 0 Å². The van der Waals surface area contributed by atoms with Crippen molar-refractivity contribution in [2.24, 2.45) is 0 Å². The second-order valence-electron chi connectivity index (χ2n) is 7.26. The van der Waals surface area contributed by atoms with Crippen LogP contribution in [0.1, 0.15) is 34.8 Å². The molecule has 0 aliphatic carbocycles. The summed E-state index contributed by atoms with van der Waals surface area (Å²) in [5, 5.41) is 5.59. The molecule has 0 radical (unpaired) electrons. The molecule has 150 valence electrons. The number of para-hydroxylation sites is 1. The Kier molecular flexibility index (Phi) is 4.17. The minimum absolute atomic E-state index is 0.186. The average molecular weight is 401 g/mol. The molecule has 0 saturated carbocycles. The monoisotopic (exact) mass is 401 g/mol. The van der Waals surface area contributed by atoms with E-state index in [-0.39, 0.29) is 11.9 Å². The fourth-order valence-electron chi connectivity index (χ4n) is 3.58. The number of hydrogen-bond acceptors (Lipinski definition) is 6. The zero-order valence-corrected chi connectivity index (χ0v) is 16.7. The van der Waals surface area contributed by atoms with Gasteiger partial charge in [-0.25, -0.2) is 4.98 Å². The summed E-state index contributed by atoms with van der Waals surface area (Å²) < 4.78 is 16.8. The summed E-state index contributed by atoms with van der Waals surface area (Å²) in [5.41, 5.74) is 2.67. The summed E-state index contributed by atoms with van der Waals surface area (Å²) in [5.74, 6) is 1.08. The van der Waals surface area contributed by atoms with Crippen molar-refractivity contribution in [3.63, 3.8) is 0 Å². The molecule has 0 bridgehead atoms. The number of aryl methyl sites for hydroxylation is 1. The van der Waals surface area contributed by atoms with Gasteiger partial charge in [-0.1, -0.05) is 23.4 Å². The second-order valence-corrected chi connectivity index (χ2v) is 7.26. The molecule has 1 unspecified atom stereocenters. The van der Waals surface area contributed by atoms with Crippen molar-refractivity contribution in [1.29, 1.82) is 0 Å².